The van der Waals surface area contributed by atoms with Crippen LogP contribution < -0.4 is 0 Å². The van der Waals surface area contributed by atoms with Crippen LogP contribution in [0.1, 0.15) is 13.8 Å². The van der Waals surface area contributed by atoms with E-state index >= 15 is 0 Å². The predicted molar refractivity (Wildman–Crippen MR) is 254 cm³/mol. The normalized spacial score (nSPS) is 11.6. The Kier molecular flexibility index (Phi) is 8.05. The summed E-state index contributed by atoms with van der Waals surface area (Å²) in [5.41, 5.74) is 7.37. The van der Waals surface area contributed by atoms with Gasteiger partial charge in [0.15, 0.2) is 0 Å². The van der Waals surface area contributed by atoms with Crippen molar-refractivity contribution in [2.24, 2.45) is 0 Å². The van der Waals surface area contributed by atoms with Gasteiger partial charge in [0.05, 0.1) is 0 Å². The molecule has 0 aliphatic rings. The third-order valence-corrected chi connectivity index (χ3v) is 12.2. The summed E-state index contributed by atoms with van der Waals surface area (Å²) in [6, 6.07) is 76.7. The first-order chi connectivity index (χ1) is 28.7. The van der Waals surface area contributed by atoms with Crippen molar-refractivity contribution in [3.05, 3.63) is 206 Å². The van der Waals surface area contributed by atoms with E-state index in [2.05, 4.69) is 206 Å². The van der Waals surface area contributed by atoms with Crippen molar-refractivity contribution in [1.29, 1.82) is 0 Å². The molecule has 0 aliphatic carbocycles. The first-order valence-electron chi connectivity index (χ1n) is 20.5. The van der Waals surface area contributed by atoms with Gasteiger partial charge in [0.25, 0.3) is 0 Å². The fourth-order valence-electron chi connectivity index (χ4n) is 9.38. The van der Waals surface area contributed by atoms with Crippen LogP contribution in [0.25, 0.3) is 120 Å². The van der Waals surface area contributed by atoms with Gasteiger partial charge in [0.2, 0.25) is 0 Å². The van der Waals surface area contributed by atoms with E-state index in [1.165, 1.54) is 120 Å². The Bertz CT molecular complexity index is 3570. The van der Waals surface area contributed by atoms with E-state index in [9.17, 15) is 0 Å². The topological polar surface area (TPSA) is 0 Å². The molecule has 0 aromatic heterocycles. The van der Waals surface area contributed by atoms with Gasteiger partial charge in [-0.05, 0) is 150 Å². The molecule has 58 heavy (non-hydrogen) atoms. The van der Waals surface area contributed by atoms with Crippen LogP contribution in [0, 0.1) is 0 Å². The van der Waals surface area contributed by atoms with Crippen molar-refractivity contribution < 1.29 is 0 Å². The molecule has 0 unspecified atom stereocenters. The Morgan fingerprint density at radius 3 is 1.09 bits per heavy atom. The second-order valence-corrected chi connectivity index (χ2v) is 15.3. The molecule has 12 aromatic carbocycles. The largest absolute Gasteiger partial charge is 0.0683 e. The molecule has 0 nitrogen and oxygen atoms in total. The Balaban J connectivity index is 0.00000190. The lowest BCUT2D eigenvalue weighted by atomic mass is 9.89. The summed E-state index contributed by atoms with van der Waals surface area (Å²) < 4.78 is 0. The zero-order chi connectivity index (χ0) is 38.7. The Labute approximate surface area is 338 Å². The van der Waals surface area contributed by atoms with Crippen LogP contribution in [-0.4, -0.2) is 0 Å². The van der Waals surface area contributed by atoms with Crippen LogP contribution >= 0.6 is 0 Å². The summed E-state index contributed by atoms with van der Waals surface area (Å²) in [7, 11) is 0. The molecule has 0 bridgehead atoms. The highest BCUT2D eigenvalue weighted by molar-refractivity contribution is 6.26. The monoisotopic (exact) mass is 736 g/mol. The number of benzene rings is 12. The molecule has 0 heteroatoms. The van der Waals surface area contributed by atoms with Crippen molar-refractivity contribution in [2.75, 3.05) is 0 Å². The fraction of sp³-hybridized carbons (Fsp3) is 0.0345. The number of rotatable bonds is 3. The zero-order valence-electron chi connectivity index (χ0n) is 32.6. The highest BCUT2D eigenvalue weighted by Gasteiger charge is 2.13. The van der Waals surface area contributed by atoms with Gasteiger partial charge in [-0.25, -0.2) is 0 Å². The van der Waals surface area contributed by atoms with E-state index in [-0.39, 0.29) is 0 Å². The SMILES string of the molecule is CC.c1cc(-c2ccc3c(ccc4ccccc43)c2)cc(-c2ccc3c4ccc(-c5ccc6ccc7c8ccccc8ccc7c6c5)cc4c4ccccc4c3c2)c1. The smallest absolute Gasteiger partial charge is 0.00928 e. The van der Waals surface area contributed by atoms with Gasteiger partial charge in [-0.1, -0.05) is 190 Å². The molecule has 0 amide bonds. The molecule has 12 aromatic rings. The van der Waals surface area contributed by atoms with E-state index < -0.39 is 0 Å². The molecule has 0 aliphatic heterocycles. The van der Waals surface area contributed by atoms with Crippen molar-refractivity contribution in [2.45, 2.75) is 13.8 Å². The maximum absolute atomic E-state index is 2.41. The Morgan fingerprint density at radius 2 is 0.483 bits per heavy atom. The number of hydrogen-bond donors (Lipinski definition) is 0. The fourth-order valence-corrected chi connectivity index (χ4v) is 9.38. The molecule has 0 fully saturated rings. The third kappa shape index (κ3) is 5.45. The lowest BCUT2D eigenvalue weighted by molar-refractivity contribution is 1.50. The van der Waals surface area contributed by atoms with Gasteiger partial charge in [-0.15, -0.1) is 0 Å². The lowest BCUT2D eigenvalue weighted by Crippen LogP contribution is -1.87. The van der Waals surface area contributed by atoms with Crippen molar-refractivity contribution in [3.8, 4) is 33.4 Å². The maximum Gasteiger partial charge on any atom is -0.00928 e. The highest BCUT2D eigenvalue weighted by Crippen LogP contribution is 2.41. The molecular weight excluding hydrogens is 697 g/mol. The van der Waals surface area contributed by atoms with Gasteiger partial charge in [0.1, 0.15) is 0 Å². The van der Waals surface area contributed by atoms with Gasteiger partial charge in [-0.3, -0.25) is 0 Å². The summed E-state index contributed by atoms with van der Waals surface area (Å²) in [5.74, 6) is 0. The van der Waals surface area contributed by atoms with Crippen molar-refractivity contribution >= 4 is 86.2 Å². The van der Waals surface area contributed by atoms with Crippen LogP contribution in [0.4, 0.5) is 0 Å². The van der Waals surface area contributed by atoms with Crippen LogP contribution in [-0.2, 0) is 0 Å². The van der Waals surface area contributed by atoms with Gasteiger partial charge in [-0.2, -0.15) is 0 Å². The molecule has 0 spiro atoms. The van der Waals surface area contributed by atoms with Crippen molar-refractivity contribution in [3.63, 3.8) is 0 Å². The standard InChI is InChI=1S/C56H34.C2H6/c1-3-12-45-35(8-1)17-19-44-31-40(22-25-47(44)45)38-10-7-11-39(30-38)42-23-28-52-53-29-24-43(34-56(53)49-15-6-5-14-48(49)55(52)33-42)41-18-16-37-21-26-50-46-13-4-2-9-36(46)20-27-51(50)54(37)32-41;1-2/h1-34H;1-2H3. The average molecular weight is 737 g/mol. The molecule has 272 valence electrons. The molecule has 0 saturated carbocycles. The van der Waals surface area contributed by atoms with E-state index in [1.807, 2.05) is 13.8 Å². The lowest BCUT2D eigenvalue weighted by Gasteiger charge is -2.14. The number of fused-ring (bicyclic) bond motifs is 14. The summed E-state index contributed by atoms with van der Waals surface area (Å²) in [4.78, 5) is 0. The third-order valence-electron chi connectivity index (χ3n) is 12.2. The molecule has 12 rings (SSSR count). The van der Waals surface area contributed by atoms with E-state index in [0.717, 1.165) is 0 Å². The van der Waals surface area contributed by atoms with Crippen LogP contribution in [0.5, 0.6) is 0 Å². The van der Waals surface area contributed by atoms with E-state index in [0.29, 0.717) is 0 Å². The molecular formula is C58H40. The van der Waals surface area contributed by atoms with E-state index in [1.54, 1.807) is 0 Å². The summed E-state index contributed by atoms with van der Waals surface area (Å²) in [6.45, 7) is 4.00. The quantitative estimate of drug-likeness (QED) is 0.158. The van der Waals surface area contributed by atoms with Gasteiger partial charge >= 0.3 is 0 Å². The van der Waals surface area contributed by atoms with Gasteiger partial charge < -0.3 is 0 Å². The van der Waals surface area contributed by atoms with Gasteiger partial charge in [0, 0.05) is 0 Å². The zero-order valence-corrected chi connectivity index (χ0v) is 32.6. The summed E-state index contributed by atoms with van der Waals surface area (Å²) >= 11 is 0. The summed E-state index contributed by atoms with van der Waals surface area (Å²) in [6.07, 6.45) is 0. The number of hydrogen-bond acceptors (Lipinski definition) is 0. The first-order valence-corrected chi connectivity index (χ1v) is 20.5. The minimum atomic E-state index is 1.22. The highest BCUT2D eigenvalue weighted by atomic mass is 14.2. The van der Waals surface area contributed by atoms with Crippen LogP contribution in [0.3, 0.4) is 0 Å². The van der Waals surface area contributed by atoms with Crippen LogP contribution in [0.15, 0.2) is 206 Å². The minimum Gasteiger partial charge on any atom is -0.0683 e. The minimum absolute atomic E-state index is 1.22. The second kappa shape index (κ2) is 13.7. The molecule has 0 N–H and O–H groups in total. The molecule has 0 atom stereocenters. The molecule has 0 saturated heterocycles. The molecule has 0 heterocycles. The van der Waals surface area contributed by atoms with Crippen molar-refractivity contribution in [1.82, 2.24) is 0 Å². The average Bonchev–Trinajstić information content (AvgIpc) is 3.31. The summed E-state index contributed by atoms with van der Waals surface area (Å²) in [5, 5.41) is 20.6. The van der Waals surface area contributed by atoms with E-state index in [4.69, 9.17) is 0 Å². The predicted octanol–water partition coefficient (Wildman–Crippen LogP) is 16.9. The first kappa shape index (κ1) is 34.0. The Hall–Kier alpha value is -7.28. The maximum atomic E-state index is 2.41. The van der Waals surface area contributed by atoms with Crippen LogP contribution in [0.2, 0.25) is 0 Å². The molecule has 0 radical (unpaired) electrons. The Morgan fingerprint density at radius 1 is 0.172 bits per heavy atom. The second-order valence-electron chi connectivity index (χ2n) is 15.3.